The van der Waals surface area contributed by atoms with Gasteiger partial charge in [0.1, 0.15) is 5.69 Å². The first kappa shape index (κ1) is 32.6. The summed E-state index contributed by atoms with van der Waals surface area (Å²) < 4.78 is 39.7. The highest BCUT2D eigenvalue weighted by atomic mass is 35.5. The van der Waals surface area contributed by atoms with Crippen molar-refractivity contribution in [2.45, 2.75) is 41.9 Å². The van der Waals surface area contributed by atoms with Crippen molar-refractivity contribution in [3.8, 4) is 11.1 Å². The number of carboxylic acid groups (broad SMARTS) is 2. The molecule has 2 atom stereocenters. The number of aliphatic carboxylic acids is 1. The van der Waals surface area contributed by atoms with Crippen LogP contribution in [0.25, 0.3) is 11.1 Å². The van der Waals surface area contributed by atoms with Crippen LogP contribution in [-0.4, -0.2) is 60.6 Å². The third kappa shape index (κ3) is 8.85. The van der Waals surface area contributed by atoms with Crippen LogP contribution < -0.4 is 5.32 Å². The largest absolute Gasteiger partial charge is 0.479 e. The van der Waals surface area contributed by atoms with Gasteiger partial charge in [0.15, 0.2) is 11.8 Å². The molecule has 1 aromatic heterocycles. The Bertz CT molecular complexity index is 1650. The molecular formula is C30H25ClF3N3O6S. The zero-order valence-electron chi connectivity index (χ0n) is 22.7. The number of nitrogens with zero attached hydrogens (tertiary/aromatic N) is 2. The second-order valence-electron chi connectivity index (χ2n) is 9.72. The number of alkyl halides is 3. The van der Waals surface area contributed by atoms with Gasteiger partial charge in [-0.15, -0.1) is 0 Å². The van der Waals surface area contributed by atoms with Crippen LogP contribution in [0.3, 0.4) is 0 Å². The molecule has 0 radical (unpaired) electrons. The number of aromatic carboxylic acids is 1. The van der Waals surface area contributed by atoms with Gasteiger partial charge < -0.3 is 20.6 Å². The average molecular weight is 648 g/mol. The summed E-state index contributed by atoms with van der Waals surface area (Å²) in [6, 6.07) is 20.9. The minimum Gasteiger partial charge on any atom is -0.479 e. The van der Waals surface area contributed by atoms with E-state index in [4.69, 9.17) is 11.6 Å². The molecule has 1 amide bonds. The molecule has 230 valence electrons. The number of rotatable bonds is 12. The Balaban J connectivity index is 1.54. The number of halogens is 4. The van der Waals surface area contributed by atoms with Crippen molar-refractivity contribution in [1.82, 2.24) is 15.1 Å². The first-order valence-corrected chi connectivity index (χ1v) is 14.2. The highest BCUT2D eigenvalue weighted by Gasteiger charge is 2.31. The van der Waals surface area contributed by atoms with Gasteiger partial charge in [0.2, 0.25) is 0 Å². The van der Waals surface area contributed by atoms with E-state index >= 15 is 0 Å². The molecule has 3 aromatic carbocycles. The number of nitrogens with one attached hydrogen (secondary N) is 1. The lowest BCUT2D eigenvalue weighted by molar-refractivity contribution is -0.147. The van der Waals surface area contributed by atoms with Crippen LogP contribution in [0.4, 0.5) is 13.2 Å². The van der Waals surface area contributed by atoms with Gasteiger partial charge in [-0.3, -0.25) is 9.48 Å². The number of hydrogen-bond acceptors (Lipinski definition) is 6. The molecule has 0 spiro atoms. The molecule has 4 N–H and O–H groups in total. The Kier molecular flexibility index (Phi) is 10.3. The molecule has 1 unspecified atom stereocenters. The van der Waals surface area contributed by atoms with E-state index in [1.807, 2.05) is 54.6 Å². The summed E-state index contributed by atoms with van der Waals surface area (Å²) in [5.74, 6) is -3.75. The van der Waals surface area contributed by atoms with Crippen molar-refractivity contribution in [3.63, 3.8) is 0 Å². The van der Waals surface area contributed by atoms with Crippen molar-refractivity contribution < 1.29 is 42.9 Å². The fraction of sp³-hybridized carbons (Fsp3) is 0.200. The summed E-state index contributed by atoms with van der Waals surface area (Å²) >= 11 is 5.47. The third-order valence-electron chi connectivity index (χ3n) is 6.46. The standard InChI is InChI=1S/C30H25ClF3N3O6S/c31-22-11-8-18(13-26(22)44-30(32,33)34)16-37-24(28(40)41)15-23(36-37)27(39)35-21(14-25(38)29(42)43)12-17-6-9-20(10-7-17)19-4-2-1-3-5-19/h1-11,13,15,21,25,38H,12,14,16H2,(H,35,39)(H,40,41)(H,42,43)/t21?,25-/m1/s1. The Morgan fingerprint density at radius 1 is 0.932 bits per heavy atom. The first-order chi connectivity index (χ1) is 20.8. The minimum atomic E-state index is -4.60. The topological polar surface area (TPSA) is 142 Å². The van der Waals surface area contributed by atoms with E-state index in [2.05, 4.69) is 10.4 Å². The first-order valence-electron chi connectivity index (χ1n) is 13.0. The summed E-state index contributed by atoms with van der Waals surface area (Å²) in [6.45, 7) is -0.285. The van der Waals surface area contributed by atoms with Gasteiger partial charge in [0, 0.05) is 23.4 Å². The molecule has 44 heavy (non-hydrogen) atoms. The number of carbonyl (C=O) groups is 3. The molecule has 0 aliphatic carbocycles. The highest BCUT2D eigenvalue weighted by Crippen LogP contribution is 2.40. The Morgan fingerprint density at radius 3 is 2.18 bits per heavy atom. The van der Waals surface area contributed by atoms with E-state index in [0.717, 1.165) is 33.5 Å². The third-order valence-corrected chi connectivity index (χ3v) is 7.69. The normalized spacial score (nSPS) is 12.8. The molecule has 0 aliphatic heterocycles. The highest BCUT2D eigenvalue weighted by molar-refractivity contribution is 8.00. The summed E-state index contributed by atoms with van der Waals surface area (Å²) in [5, 5.41) is 35.5. The van der Waals surface area contributed by atoms with Gasteiger partial charge in [-0.1, -0.05) is 72.3 Å². The average Bonchev–Trinajstić information content (AvgIpc) is 3.39. The van der Waals surface area contributed by atoms with Crippen LogP contribution in [0.2, 0.25) is 5.02 Å². The Hall–Kier alpha value is -4.33. The molecule has 4 rings (SSSR count). The van der Waals surface area contributed by atoms with Gasteiger partial charge in [0.05, 0.1) is 11.6 Å². The zero-order valence-corrected chi connectivity index (χ0v) is 24.2. The number of carboxylic acids is 2. The van der Waals surface area contributed by atoms with Crippen molar-refractivity contribution in [2.24, 2.45) is 0 Å². The molecule has 0 fully saturated rings. The smallest absolute Gasteiger partial charge is 0.446 e. The maximum absolute atomic E-state index is 13.2. The van der Waals surface area contributed by atoms with Crippen molar-refractivity contribution in [2.75, 3.05) is 0 Å². The van der Waals surface area contributed by atoms with Gasteiger partial charge in [-0.25, -0.2) is 9.59 Å². The van der Waals surface area contributed by atoms with Crippen molar-refractivity contribution in [3.05, 3.63) is 106 Å². The predicted octanol–water partition coefficient (Wildman–Crippen LogP) is 5.74. The fourth-order valence-corrected chi connectivity index (χ4v) is 5.27. The van der Waals surface area contributed by atoms with Gasteiger partial charge in [0.25, 0.3) is 5.91 Å². The number of aliphatic hydroxyl groups excluding tert-OH is 1. The number of aromatic nitrogens is 2. The van der Waals surface area contributed by atoms with E-state index in [1.54, 1.807) is 0 Å². The van der Waals surface area contributed by atoms with E-state index in [-0.39, 0.29) is 40.6 Å². The zero-order chi connectivity index (χ0) is 32.0. The van der Waals surface area contributed by atoms with Crippen LogP contribution in [0, 0.1) is 0 Å². The maximum atomic E-state index is 13.2. The number of benzene rings is 3. The van der Waals surface area contributed by atoms with Crippen LogP contribution in [0.15, 0.2) is 83.8 Å². The Morgan fingerprint density at radius 2 is 1.57 bits per heavy atom. The minimum absolute atomic E-state index is 0.139. The summed E-state index contributed by atoms with van der Waals surface area (Å²) in [5.41, 5.74) is -2.41. The molecule has 0 saturated carbocycles. The number of amides is 1. The summed E-state index contributed by atoms with van der Waals surface area (Å²) in [6.07, 6.45) is -2.00. The lowest BCUT2D eigenvalue weighted by Gasteiger charge is -2.20. The number of aliphatic hydroxyl groups is 1. The summed E-state index contributed by atoms with van der Waals surface area (Å²) in [4.78, 5) is 36.1. The van der Waals surface area contributed by atoms with Crippen molar-refractivity contribution >= 4 is 41.2 Å². The predicted molar refractivity (Wildman–Crippen MR) is 157 cm³/mol. The quantitative estimate of drug-likeness (QED) is 0.143. The molecule has 9 nitrogen and oxygen atoms in total. The molecule has 0 aliphatic rings. The Labute approximate surface area is 258 Å². The summed E-state index contributed by atoms with van der Waals surface area (Å²) in [7, 11) is 0. The van der Waals surface area contributed by atoms with Crippen LogP contribution in [0.1, 0.15) is 38.5 Å². The van der Waals surface area contributed by atoms with E-state index in [9.17, 15) is 42.9 Å². The van der Waals surface area contributed by atoms with Gasteiger partial charge >= 0.3 is 17.4 Å². The van der Waals surface area contributed by atoms with E-state index in [1.165, 1.54) is 12.1 Å². The second kappa shape index (κ2) is 14.0. The van der Waals surface area contributed by atoms with E-state index < -0.39 is 53.0 Å². The molecule has 1 heterocycles. The van der Waals surface area contributed by atoms with E-state index in [0.29, 0.717) is 0 Å². The van der Waals surface area contributed by atoms with Crippen LogP contribution in [0.5, 0.6) is 0 Å². The lowest BCUT2D eigenvalue weighted by Crippen LogP contribution is -2.40. The fourth-order valence-electron chi connectivity index (χ4n) is 4.41. The lowest BCUT2D eigenvalue weighted by atomic mass is 9.97. The number of carbonyl (C=O) groups excluding carboxylic acids is 1. The molecule has 4 aromatic rings. The molecular weight excluding hydrogens is 623 g/mol. The van der Waals surface area contributed by atoms with Gasteiger partial charge in [-0.05, 0) is 52.6 Å². The molecule has 0 saturated heterocycles. The van der Waals surface area contributed by atoms with Gasteiger partial charge in [-0.2, -0.15) is 18.3 Å². The second-order valence-corrected chi connectivity index (χ2v) is 11.2. The molecule has 0 bridgehead atoms. The molecule has 14 heteroatoms. The maximum Gasteiger partial charge on any atom is 0.446 e. The van der Waals surface area contributed by atoms with Crippen molar-refractivity contribution in [1.29, 1.82) is 0 Å². The number of hydrogen-bond donors (Lipinski definition) is 4. The SMILES string of the molecule is O=C(NC(Cc1ccc(-c2ccccc2)cc1)C[C@@H](O)C(=O)O)c1cc(C(=O)O)n(Cc2ccc(Cl)c(SC(F)(F)F)c2)n1. The van der Waals surface area contributed by atoms with Crippen LogP contribution in [-0.2, 0) is 17.8 Å². The monoisotopic (exact) mass is 647 g/mol. The van der Waals surface area contributed by atoms with Crippen LogP contribution >= 0.6 is 23.4 Å². The number of thioether (sulfide) groups is 1.